The number of hydrogen-bond donors (Lipinski definition) is 2. The Balaban J connectivity index is 2.39. The van der Waals surface area contributed by atoms with Gasteiger partial charge in [-0.1, -0.05) is 34.1 Å². The molecule has 0 saturated heterocycles. The van der Waals surface area contributed by atoms with Gasteiger partial charge in [-0.05, 0) is 30.7 Å². The summed E-state index contributed by atoms with van der Waals surface area (Å²) in [5.41, 5.74) is 0.926. The lowest BCUT2D eigenvalue weighted by Gasteiger charge is -2.11. The van der Waals surface area contributed by atoms with Crippen LogP contribution >= 0.6 is 15.9 Å². The minimum atomic E-state index is -0.452. The van der Waals surface area contributed by atoms with E-state index in [1.807, 2.05) is 30.3 Å². The van der Waals surface area contributed by atoms with Gasteiger partial charge in [-0.15, -0.1) is 6.58 Å². The van der Waals surface area contributed by atoms with E-state index in [4.69, 9.17) is 0 Å². The molecule has 0 aliphatic rings. The molecule has 1 unspecified atom stereocenters. The van der Waals surface area contributed by atoms with E-state index in [9.17, 15) is 5.11 Å². The van der Waals surface area contributed by atoms with Crippen molar-refractivity contribution in [3.8, 4) is 0 Å². The van der Waals surface area contributed by atoms with Crippen LogP contribution in [-0.4, -0.2) is 18.2 Å². The number of rotatable bonds is 6. The molecule has 0 aliphatic carbocycles. The number of benzene rings is 1. The summed E-state index contributed by atoms with van der Waals surface area (Å²) in [5, 5.41) is 13.0. The number of aliphatic hydroxyl groups excluding tert-OH is 1. The quantitative estimate of drug-likeness (QED) is 0.615. The Kier molecular flexibility index (Phi) is 5.61. The molecule has 0 heterocycles. The number of aliphatic hydroxyl groups is 1. The van der Waals surface area contributed by atoms with Gasteiger partial charge in [0.15, 0.2) is 0 Å². The van der Waals surface area contributed by atoms with Crippen LogP contribution in [0, 0.1) is 0 Å². The van der Waals surface area contributed by atoms with Crippen molar-refractivity contribution in [1.29, 1.82) is 0 Å². The SMILES string of the molecule is C=CCCNCC(O)c1cccc(Br)c1. The predicted molar refractivity (Wildman–Crippen MR) is 66.8 cm³/mol. The average Bonchev–Trinajstić information content (AvgIpc) is 2.24. The smallest absolute Gasteiger partial charge is 0.0914 e. The van der Waals surface area contributed by atoms with Gasteiger partial charge in [0.1, 0.15) is 0 Å². The zero-order valence-electron chi connectivity index (χ0n) is 8.62. The van der Waals surface area contributed by atoms with Crippen molar-refractivity contribution in [1.82, 2.24) is 5.32 Å². The van der Waals surface area contributed by atoms with Crippen molar-refractivity contribution in [2.75, 3.05) is 13.1 Å². The highest BCUT2D eigenvalue weighted by Gasteiger charge is 2.06. The normalized spacial score (nSPS) is 12.4. The van der Waals surface area contributed by atoms with Crippen molar-refractivity contribution in [2.45, 2.75) is 12.5 Å². The largest absolute Gasteiger partial charge is 0.387 e. The Morgan fingerprint density at radius 3 is 3.00 bits per heavy atom. The molecule has 1 aromatic carbocycles. The molecular formula is C12H16BrNO. The Morgan fingerprint density at radius 1 is 1.53 bits per heavy atom. The third-order valence-corrected chi connectivity index (χ3v) is 2.59. The van der Waals surface area contributed by atoms with Gasteiger partial charge in [0.2, 0.25) is 0 Å². The van der Waals surface area contributed by atoms with Crippen LogP contribution in [0.25, 0.3) is 0 Å². The van der Waals surface area contributed by atoms with E-state index in [0.717, 1.165) is 23.0 Å². The summed E-state index contributed by atoms with van der Waals surface area (Å²) in [5.74, 6) is 0. The summed E-state index contributed by atoms with van der Waals surface area (Å²) in [6.45, 7) is 5.07. The van der Waals surface area contributed by atoms with Gasteiger partial charge >= 0.3 is 0 Å². The van der Waals surface area contributed by atoms with E-state index < -0.39 is 6.10 Å². The third-order valence-electron chi connectivity index (χ3n) is 2.10. The summed E-state index contributed by atoms with van der Waals surface area (Å²) in [4.78, 5) is 0. The summed E-state index contributed by atoms with van der Waals surface area (Å²) in [7, 11) is 0. The maximum absolute atomic E-state index is 9.84. The number of nitrogens with one attached hydrogen (secondary N) is 1. The molecule has 82 valence electrons. The molecule has 0 aromatic heterocycles. The van der Waals surface area contributed by atoms with E-state index in [2.05, 4.69) is 27.8 Å². The van der Waals surface area contributed by atoms with Gasteiger partial charge in [0.05, 0.1) is 6.10 Å². The zero-order chi connectivity index (χ0) is 11.1. The van der Waals surface area contributed by atoms with Gasteiger partial charge in [0, 0.05) is 11.0 Å². The van der Waals surface area contributed by atoms with E-state index in [1.54, 1.807) is 0 Å². The number of hydrogen-bond acceptors (Lipinski definition) is 2. The molecule has 1 rings (SSSR count). The molecule has 15 heavy (non-hydrogen) atoms. The monoisotopic (exact) mass is 269 g/mol. The van der Waals surface area contributed by atoms with Crippen LogP contribution in [0.5, 0.6) is 0 Å². The summed E-state index contributed by atoms with van der Waals surface area (Å²) < 4.78 is 0.991. The Morgan fingerprint density at radius 2 is 2.33 bits per heavy atom. The van der Waals surface area contributed by atoms with E-state index in [-0.39, 0.29) is 0 Å². The topological polar surface area (TPSA) is 32.3 Å². The average molecular weight is 270 g/mol. The van der Waals surface area contributed by atoms with Gasteiger partial charge in [0.25, 0.3) is 0 Å². The molecule has 2 N–H and O–H groups in total. The fraction of sp³-hybridized carbons (Fsp3) is 0.333. The van der Waals surface area contributed by atoms with Crippen LogP contribution in [0.3, 0.4) is 0 Å². The first-order valence-corrected chi connectivity index (χ1v) is 5.78. The second kappa shape index (κ2) is 6.77. The minimum Gasteiger partial charge on any atom is -0.387 e. The Labute approximate surface area is 99.1 Å². The summed E-state index contributed by atoms with van der Waals surface area (Å²) in [6.07, 6.45) is 2.33. The van der Waals surface area contributed by atoms with Crippen molar-refractivity contribution in [2.24, 2.45) is 0 Å². The highest BCUT2D eigenvalue weighted by Crippen LogP contribution is 2.17. The maximum Gasteiger partial charge on any atom is 0.0914 e. The van der Waals surface area contributed by atoms with Gasteiger partial charge in [-0.25, -0.2) is 0 Å². The molecular weight excluding hydrogens is 254 g/mol. The van der Waals surface area contributed by atoms with E-state index in [1.165, 1.54) is 0 Å². The van der Waals surface area contributed by atoms with Crippen LogP contribution in [0.1, 0.15) is 18.1 Å². The van der Waals surface area contributed by atoms with Gasteiger partial charge in [-0.2, -0.15) is 0 Å². The molecule has 0 amide bonds. The van der Waals surface area contributed by atoms with Crippen LogP contribution in [0.4, 0.5) is 0 Å². The minimum absolute atomic E-state index is 0.452. The molecule has 1 atom stereocenters. The molecule has 0 bridgehead atoms. The second-order valence-corrected chi connectivity index (χ2v) is 4.27. The first kappa shape index (κ1) is 12.4. The van der Waals surface area contributed by atoms with E-state index >= 15 is 0 Å². The van der Waals surface area contributed by atoms with Crippen LogP contribution in [-0.2, 0) is 0 Å². The predicted octanol–water partition coefficient (Wildman–Crippen LogP) is 2.65. The molecule has 2 nitrogen and oxygen atoms in total. The molecule has 3 heteroatoms. The molecule has 0 aliphatic heterocycles. The highest BCUT2D eigenvalue weighted by atomic mass is 79.9. The van der Waals surface area contributed by atoms with Crippen LogP contribution in [0.2, 0.25) is 0 Å². The Hall–Kier alpha value is -0.640. The summed E-state index contributed by atoms with van der Waals surface area (Å²) in [6, 6.07) is 7.72. The maximum atomic E-state index is 9.84. The van der Waals surface area contributed by atoms with Gasteiger partial charge < -0.3 is 10.4 Å². The first-order chi connectivity index (χ1) is 7.24. The fourth-order valence-corrected chi connectivity index (χ4v) is 1.69. The fourth-order valence-electron chi connectivity index (χ4n) is 1.27. The lowest BCUT2D eigenvalue weighted by atomic mass is 10.1. The van der Waals surface area contributed by atoms with Gasteiger partial charge in [-0.3, -0.25) is 0 Å². The third kappa shape index (κ3) is 4.60. The molecule has 0 radical (unpaired) electrons. The molecule has 0 saturated carbocycles. The molecule has 0 spiro atoms. The summed E-state index contributed by atoms with van der Waals surface area (Å²) >= 11 is 3.38. The van der Waals surface area contributed by atoms with Crippen molar-refractivity contribution in [3.63, 3.8) is 0 Å². The standard InChI is InChI=1S/C12H16BrNO/c1-2-3-7-14-9-12(15)10-5-4-6-11(13)8-10/h2,4-6,8,12,14-15H,1,3,7,9H2. The lowest BCUT2D eigenvalue weighted by Crippen LogP contribution is -2.22. The first-order valence-electron chi connectivity index (χ1n) is 4.99. The number of halogens is 1. The van der Waals surface area contributed by atoms with Crippen LogP contribution < -0.4 is 5.32 Å². The van der Waals surface area contributed by atoms with Crippen molar-refractivity contribution >= 4 is 15.9 Å². The van der Waals surface area contributed by atoms with Crippen molar-refractivity contribution in [3.05, 3.63) is 47.0 Å². The van der Waals surface area contributed by atoms with Crippen molar-refractivity contribution < 1.29 is 5.11 Å². The van der Waals surface area contributed by atoms with E-state index in [0.29, 0.717) is 6.54 Å². The zero-order valence-corrected chi connectivity index (χ0v) is 10.2. The Bertz CT molecular complexity index is 314. The highest BCUT2D eigenvalue weighted by molar-refractivity contribution is 9.10. The lowest BCUT2D eigenvalue weighted by molar-refractivity contribution is 0.175. The molecule has 0 fully saturated rings. The van der Waals surface area contributed by atoms with Crippen LogP contribution in [0.15, 0.2) is 41.4 Å². The second-order valence-electron chi connectivity index (χ2n) is 3.35. The molecule has 1 aromatic rings.